The number of hydrogen-bond donors (Lipinski definition) is 0. The van der Waals surface area contributed by atoms with Gasteiger partial charge in [0.15, 0.2) is 0 Å². The molecule has 1 saturated heterocycles. The Bertz CT molecular complexity index is 753. The Balaban J connectivity index is 1.87. The lowest BCUT2D eigenvalue weighted by Gasteiger charge is -2.48. The number of rotatable bonds is 6. The van der Waals surface area contributed by atoms with Gasteiger partial charge in [0, 0.05) is 37.8 Å². The molecule has 0 radical (unpaired) electrons. The van der Waals surface area contributed by atoms with E-state index in [1.54, 1.807) is 7.11 Å². The van der Waals surface area contributed by atoms with Gasteiger partial charge in [-0.2, -0.15) is 0 Å². The van der Waals surface area contributed by atoms with Gasteiger partial charge in [-0.05, 0) is 55.5 Å². The lowest BCUT2D eigenvalue weighted by Crippen LogP contribution is -2.55. The maximum absolute atomic E-state index is 5.31. The van der Waals surface area contributed by atoms with Gasteiger partial charge in [0.25, 0.3) is 0 Å². The van der Waals surface area contributed by atoms with E-state index in [0.29, 0.717) is 24.0 Å². The molecule has 28 heavy (non-hydrogen) atoms. The quantitative estimate of drug-likeness (QED) is 0.660. The summed E-state index contributed by atoms with van der Waals surface area (Å²) < 4.78 is 5.31. The fourth-order valence-electron chi connectivity index (χ4n) is 4.43. The zero-order valence-corrected chi connectivity index (χ0v) is 18.4. The van der Waals surface area contributed by atoms with E-state index in [9.17, 15) is 0 Å². The van der Waals surface area contributed by atoms with E-state index < -0.39 is 0 Å². The molecule has 2 aromatic rings. The van der Waals surface area contributed by atoms with Crippen LogP contribution in [0.3, 0.4) is 0 Å². The molecule has 1 aliphatic rings. The summed E-state index contributed by atoms with van der Waals surface area (Å²) in [6.45, 7) is 14.8. The number of ether oxygens (including phenoxy) is 1. The predicted octanol–water partition coefficient (Wildman–Crippen LogP) is 5.47. The summed E-state index contributed by atoms with van der Waals surface area (Å²) in [5.41, 5.74) is 4.33. The van der Waals surface area contributed by atoms with Crippen molar-refractivity contribution in [2.45, 2.75) is 65.2 Å². The molecule has 1 fully saturated rings. The maximum atomic E-state index is 5.31. The van der Waals surface area contributed by atoms with Crippen molar-refractivity contribution in [1.29, 1.82) is 0 Å². The Hall–Kier alpha value is -1.84. The second-order valence-corrected chi connectivity index (χ2v) is 8.72. The van der Waals surface area contributed by atoms with Crippen molar-refractivity contribution in [2.75, 3.05) is 20.2 Å². The molecule has 2 aromatic carbocycles. The average Bonchev–Trinajstić information content (AvgIpc) is 2.69. The van der Waals surface area contributed by atoms with Crippen LogP contribution in [0.4, 0.5) is 0 Å². The number of benzene rings is 2. The predicted molar refractivity (Wildman–Crippen MR) is 118 cm³/mol. The Kier molecular flexibility index (Phi) is 6.79. The molecule has 1 aliphatic heterocycles. The van der Waals surface area contributed by atoms with Crippen molar-refractivity contribution in [1.82, 2.24) is 9.80 Å². The van der Waals surface area contributed by atoms with E-state index in [-0.39, 0.29) is 0 Å². The monoisotopic (exact) mass is 380 g/mol. The fraction of sp³-hybridized carbons (Fsp3) is 0.520. The lowest BCUT2D eigenvalue weighted by molar-refractivity contribution is 0.0104. The molecule has 152 valence electrons. The minimum atomic E-state index is 0.438. The summed E-state index contributed by atoms with van der Waals surface area (Å²) >= 11 is 0. The van der Waals surface area contributed by atoms with Gasteiger partial charge in [0.1, 0.15) is 5.75 Å². The van der Waals surface area contributed by atoms with Crippen LogP contribution in [0.5, 0.6) is 5.75 Å². The van der Waals surface area contributed by atoms with Crippen LogP contribution in [0.25, 0.3) is 0 Å². The molecule has 0 bridgehead atoms. The first-order chi connectivity index (χ1) is 13.4. The molecule has 0 amide bonds. The highest BCUT2D eigenvalue weighted by molar-refractivity contribution is 5.33. The largest absolute Gasteiger partial charge is 0.497 e. The normalized spacial score (nSPS) is 21.4. The first kappa shape index (κ1) is 20.9. The fourth-order valence-corrected chi connectivity index (χ4v) is 4.43. The van der Waals surface area contributed by atoms with Crippen molar-refractivity contribution >= 4 is 0 Å². The Labute approximate surface area is 171 Å². The third-order valence-corrected chi connectivity index (χ3v) is 6.09. The Morgan fingerprint density at radius 3 is 2.25 bits per heavy atom. The standard InChI is InChI=1S/C25H36N2O/c1-18(2)23-9-7-8-10-24(23)25-17-26(20(5)15-27(25)19(3)4)16-21-11-13-22(28-6)14-12-21/h7-14,18-20,25H,15-17H2,1-6H3. The molecular weight excluding hydrogens is 344 g/mol. The minimum Gasteiger partial charge on any atom is -0.497 e. The van der Waals surface area contributed by atoms with Crippen molar-refractivity contribution < 1.29 is 4.74 Å². The summed E-state index contributed by atoms with van der Waals surface area (Å²) in [4.78, 5) is 5.33. The molecule has 0 saturated carbocycles. The molecule has 2 unspecified atom stereocenters. The second-order valence-electron chi connectivity index (χ2n) is 8.72. The number of methoxy groups -OCH3 is 1. The topological polar surface area (TPSA) is 15.7 Å². The van der Waals surface area contributed by atoms with Gasteiger partial charge in [-0.3, -0.25) is 9.80 Å². The molecule has 0 aromatic heterocycles. The average molecular weight is 381 g/mol. The van der Waals surface area contributed by atoms with Crippen LogP contribution in [0.1, 0.15) is 63.3 Å². The van der Waals surface area contributed by atoms with Crippen LogP contribution in [0, 0.1) is 0 Å². The van der Waals surface area contributed by atoms with Gasteiger partial charge in [-0.15, -0.1) is 0 Å². The lowest BCUT2D eigenvalue weighted by atomic mass is 9.89. The van der Waals surface area contributed by atoms with Crippen LogP contribution in [0.2, 0.25) is 0 Å². The molecule has 3 heteroatoms. The maximum Gasteiger partial charge on any atom is 0.118 e. The van der Waals surface area contributed by atoms with Crippen LogP contribution in [-0.4, -0.2) is 42.1 Å². The van der Waals surface area contributed by atoms with Crippen molar-refractivity contribution in [3.63, 3.8) is 0 Å². The molecule has 0 spiro atoms. The number of piperazine rings is 1. The summed E-state index contributed by atoms with van der Waals surface area (Å²) in [6, 6.07) is 19.1. The highest BCUT2D eigenvalue weighted by Gasteiger charge is 2.34. The third-order valence-electron chi connectivity index (χ3n) is 6.09. The van der Waals surface area contributed by atoms with E-state index in [2.05, 4.69) is 92.9 Å². The van der Waals surface area contributed by atoms with Gasteiger partial charge < -0.3 is 4.74 Å². The summed E-state index contributed by atoms with van der Waals surface area (Å²) in [7, 11) is 1.72. The molecular formula is C25H36N2O. The van der Waals surface area contributed by atoms with Crippen LogP contribution >= 0.6 is 0 Å². The van der Waals surface area contributed by atoms with Crippen molar-refractivity contribution in [3.8, 4) is 5.75 Å². The zero-order chi connectivity index (χ0) is 20.3. The van der Waals surface area contributed by atoms with Gasteiger partial charge in [0.05, 0.1) is 7.11 Å². The first-order valence-electron chi connectivity index (χ1n) is 10.6. The molecule has 3 rings (SSSR count). The van der Waals surface area contributed by atoms with E-state index >= 15 is 0 Å². The Morgan fingerprint density at radius 1 is 0.964 bits per heavy atom. The van der Waals surface area contributed by atoms with E-state index in [4.69, 9.17) is 4.74 Å². The van der Waals surface area contributed by atoms with E-state index in [0.717, 1.165) is 25.4 Å². The highest BCUT2D eigenvalue weighted by Crippen LogP contribution is 2.34. The molecule has 1 heterocycles. The summed E-state index contributed by atoms with van der Waals surface area (Å²) in [6.07, 6.45) is 0. The van der Waals surface area contributed by atoms with Crippen LogP contribution in [-0.2, 0) is 6.54 Å². The molecule has 2 atom stereocenters. The minimum absolute atomic E-state index is 0.438. The van der Waals surface area contributed by atoms with Gasteiger partial charge in [-0.25, -0.2) is 0 Å². The van der Waals surface area contributed by atoms with Crippen molar-refractivity contribution in [3.05, 3.63) is 65.2 Å². The van der Waals surface area contributed by atoms with Gasteiger partial charge in [0.2, 0.25) is 0 Å². The van der Waals surface area contributed by atoms with E-state index in [1.807, 2.05) is 0 Å². The zero-order valence-electron chi connectivity index (χ0n) is 18.4. The highest BCUT2D eigenvalue weighted by atomic mass is 16.5. The van der Waals surface area contributed by atoms with Crippen LogP contribution in [0.15, 0.2) is 48.5 Å². The Morgan fingerprint density at radius 2 is 1.64 bits per heavy atom. The van der Waals surface area contributed by atoms with Crippen LogP contribution < -0.4 is 4.74 Å². The van der Waals surface area contributed by atoms with E-state index in [1.165, 1.54) is 16.7 Å². The molecule has 0 aliphatic carbocycles. The summed E-state index contributed by atoms with van der Waals surface area (Å²) in [5, 5.41) is 0. The second kappa shape index (κ2) is 9.11. The number of nitrogens with zero attached hydrogens (tertiary/aromatic N) is 2. The molecule has 0 N–H and O–H groups in total. The van der Waals surface area contributed by atoms with Gasteiger partial charge >= 0.3 is 0 Å². The summed E-state index contributed by atoms with van der Waals surface area (Å²) in [5.74, 6) is 1.46. The molecule has 3 nitrogen and oxygen atoms in total. The van der Waals surface area contributed by atoms with Gasteiger partial charge in [-0.1, -0.05) is 50.2 Å². The third kappa shape index (κ3) is 4.59. The number of hydrogen-bond acceptors (Lipinski definition) is 3. The van der Waals surface area contributed by atoms with Crippen molar-refractivity contribution in [2.24, 2.45) is 0 Å². The first-order valence-corrected chi connectivity index (χ1v) is 10.6. The SMILES string of the molecule is COc1ccc(CN2CC(c3ccccc3C(C)C)N(C(C)C)CC2C)cc1. The smallest absolute Gasteiger partial charge is 0.118 e.